The van der Waals surface area contributed by atoms with E-state index in [2.05, 4.69) is 6.58 Å². The van der Waals surface area contributed by atoms with Crippen LogP contribution in [0.3, 0.4) is 0 Å². The molecule has 0 fully saturated rings. The van der Waals surface area contributed by atoms with E-state index in [1.807, 2.05) is 6.07 Å². The Morgan fingerprint density at radius 1 is 1.50 bits per heavy atom. The van der Waals surface area contributed by atoms with E-state index < -0.39 is 9.84 Å². The smallest absolute Gasteiger partial charge is 0.199 e. The van der Waals surface area contributed by atoms with Gasteiger partial charge >= 0.3 is 0 Å². The Hall–Kier alpha value is -1.60. The summed E-state index contributed by atoms with van der Waals surface area (Å²) >= 11 is 0. The molecule has 0 unspecified atom stereocenters. The molecule has 4 heteroatoms. The fraction of sp³-hybridized carbons (Fsp3) is 0.100. The molecule has 0 bridgehead atoms. The number of rotatable bonds is 2. The Labute approximate surface area is 83.2 Å². The minimum Gasteiger partial charge on any atom is -0.219 e. The van der Waals surface area contributed by atoms with E-state index in [4.69, 9.17) is 5.26 Å². The normalized spacial score (nSPS) is 10.6. The number of benzene rings is 1. The van der Waals surface area contributed by atoms with Crippen LogP contribution in [0.15, 0.2) is 35.1 Å². The van der Waals surface area contributed by atoms with Gasteiger partial charge in [0.1, 0.15) is 0 Å². The molecular formula is C10H9NO2S. The Bertz CT molecular complexity index is 509. The van der Waals surface area contributed by atoms with E-state index in [-0.39, 0.29) is 4.90 Å². The predicted molar refractivity (Wildman–Crippen MR) is 53.3 cm³/mol. The van der Waals surface area contributed by atoms with Crippen molar-refractivity contribution in [3.05, 3.63) is 41.3 Å². The van der Waals surface area contributed by atoms with Crippen LogP contribution < -0.4 is 0 Å². The topological polar surface area (TPSA) is 57.9 Å². The van der Waals surface area contributed by atoms with Crippen LogP contribution in [0, 0.1) is 18.3 Å². The van der Waals surface area contributed by atoms with Crippen molar-refractivity contribution >= 4 is 9.84 Å². The number of hydrogen-bond donors (Lipinski definition) is 0. The van der Waals surface area contributed by atoms with Crippen molar-refractivity contribution in [2.45, 2.75) is 11.8 Å². The highest BCUT2D eigenvalue weighted by atomic mass is 32.2. The largest absolute Gasteiger partial charge is 0.219 e. The maximum absolute atomic E-state index is 11.4. The number of sulfone groups is 1. The molecule has 0 N–H and O–H groups in total. The van der Waals surface area contributed by atoms with Crippen molar-refractivity contribution in [3.63, 3.8) is 0 Å². The van der Waals surface area contributed by atoms with Crippen molar-refractivity contribution in [2.75, 3.05) is 0 Å². The Morgan fingerprint density at radius 3 is 2.57 bits per heavy atom. The summed E-state index contributed by atoms with van der Waals surface area (Å²) in [5.74, 6) is 0. The first-order valence-corrected chi connectivity index (χ1v) is 5.44. The lowest BCUT2D eigenvalue weighted by atomic mass is 10.1. The van der Waals surface area contributed by atoms with E-state index in [9.17, 15) is 8.42 Å². The first kappa shape index (κ1) is 10.5. The number of hydrogen-bond acceptors (Lipinski definition) is 3. The summed E-state index contributed by atoms with van der Waals surface area (Å²) in [6, 6.07) is 6.34. The molecule has 0 heterocycles. The van der Waals surface area contributed by atoms with Gasteiger partial charge in [0, 0.05) is 5.41 Å². The van der Waals surface area contributed by atoms with Gasteiger partial charge in [-0.2, -0.15) is 5.26 Å². The highest BCUT2D eigenvalue weighted by molar-refractivity contribution is 7.94. The molecule has 0 saturated carbocycles. The fourth-order valence-electron chi connectivity index (χ4n) is 1.03. The lowest BCUT2D eigenvalue weighted by Gasteiger charge is -2.01. The zero-order chi connectivity index (χ0) is 10.8. The first-order valence-electron chi connectivity index (χ1n) is 3.89. The lowest BCUT2D eigenvalue weighted by Crippen LogP contribution is -1.96. The van der Waals surface area contributed by atoms with Crippen molar-refractivity contribution in [2.24, 2.45) is 0 Å². The molecule has 14 heavy (non-hydrogen) atoms. The maximum atomic E-state index is 11.4. The van der Waals surface area contributed by atoms with Crippen LogP contribution in [0.25, 0.3) is 0 Å². The molecule has 1 rings (SSSR count). The van der Waals surface area contributed by atoms with Crippen LogP contribution in [0.4, 0.5) is 0 Å². The molecule has 0 aromatic heterocycles. The second-order valence-electron chi connectivity index (χ2n) is 2.80. The second kappa shape index (κ2) is 3.64. The standard InChI is InChI=1S/C10H9NO2S/c1-3-14(12,13)10-5-4-9(7-11)8(2)6-10/h3-6H,1H2,2H3. The third-order valence-corrected chi connectivity index (χ3v) is 3.22. The summed E-state index contributed by atoms with van der Waals surface area (Å²) in [5, 5.41) is 9.55. The van der Waals surface area contributed by atoms with E-state index >= 15 is 0 Å². The molecule has 0 radical (unpaired) electrons. The van der Waals surface area contributed by atoms with Gasteiger partial charge in [-0.05, 0) is 30.7 Å². The third-order valence-electron chi connectivity index (χ3n) is 1.87. The zero-order valence-electron chi connectivity index (χ0n) is 7.69. The van der Waals surface area contributed by atoms with E-state index in [1.165, 1.54) is 18.2 Å². The number of aryl methyl sites for hydroxylation is 1. The van der Waals surface area contributed by atoms with Gasteiger partial charge in [-0.25, -0.2) is 8.42 Å². The van der Waals surface area contributed by atoms with Gasteiger partial charge in [0.15, 0.2) is 9.84 Å². The Kier molecular flexibility index (Phi) is 2.73. The summed E-state index contributed by atoms with van der Waals surface area (Å²) in [6.07, 6.45) is 0. The van der Waals surface area contributed by atoms with Crippen LogP contribution in [-0.4, -0.2) is 8.42 Å². The average molecular weight is 207 g/mol. The molecule has 0 atom stereocenters. The van der Waals surface area contributed by atoms with E-state index in [0.29, 0.717) is 11.1 Å². The van der Waals surface area contributed by atoms with Gasteiger partial charge in [0.25, 0.3) is 0 Å². The van der Waals surface area contributed by atoms with Crippen LogP contribution in [0.1, 0.15) is 11.1 Å². The minimum atomic E-state index is -3.39. The zero-order valence-corrected chi connectivity index (χ0v) is 8.50. The predicted octanol–water partition coefficient (Wildman–Crippen LogP) is 1.78. The summed E-state index contributed by atoms with van der Waals surface area (Å²) in [6.45, 7) is 4.92. The molecule has 1 aromatic rings. The molecule has 3 nitrogen and oxygen atoms in total. The monoisotopic (exact) mass is 207 g/mol. The van der Waals surface area contributed by atoms with Crippen LogP contribution >= 0.6 is 0 Å². The van der Waals surface area contributed by atoms with Crippen molar-refractivity contribution < 1.29 is 8.42 Å². The Balaban J connectivity index is 3.38. The molecule has 0 amide bonds. The van der Waals surface area contributed by atoms with Gasteiger partial charge in [-0.15, -0.1) is 0 Å². The number of nitriles is 1. The molecule has 0 aliphatic heterocycles. The minimum absolute atomic E-state index is 0.170. The summed E-state index contributed by atoms with van der Waals surface area (Å²) in [5.41, 5.74) is 1.13. The quantitative estimate of drug-likeness (QED) is 0.742. The highest BCUT2D eigenvalue weighted by Crippen LogP contribution is 2.16. The van der Waals surface area contributed by atoms with Crippen molar-refractivity contribution in [1.29, 1.82) is 5.26 Å². The van der Waals surface area contributed by atoms with Crippen LogP contribution in [0.2, 0.25) is 0 Å². The van der Waals surface area contributed by atoms with Gasteiger partial charge in [0.2, 0.25) is 0 Å². The third kappa shape index (κ3) is 1.83. The van der Waals surface area contributed by atoms with Crippen LogP contribution in [0.5, 0.6) is 0 Å². The second-order valence-corrected chi connectivity index (χ2v) is 4.69. The fourth-order valence-corrected chi connectivity index (χ4v) is 1.83. The van der Waals surface area contributed by atoms with Gasteiger partial charge in [-0.3, -0.25) is 0 Å². The van der Waals surface area contributed by atoms with Gasteiger partial charge in [-0.1, -0.05) is 6.58 Å². The van der Waals surface area contributed by atoms with Crippen molar-refractivity contribution in [1.82, 2.24) is 0 Å². The Morgan fingerprint density at radius 2 is 2.14 bits per heavy atom. The highest BCUT2D eigenvalue weighted by Gasteiger charge is 2.10. The number of nitrogens with zero attached hydrogens (tertiary/aromatic N) is 1. The first-order chi connectivity index (χ1) is 6.51. The lowest BCUT2D eigenvalue weighted by molar-refractivity contribution is 0.604. The molecule has 1 aromatic carbocycles. The van der Waals surface area contributed by atoms with E-state index in [1.54, 1.807) is 6.92 Å². The molecule has 72 valence electrons. The molecule has 0 saturated heterocycles. The summed E-state index contributed by atoms with van der Waals surface area (Å²) < 4.78 is 22.7. The van der Waals surface area contributed by atoms with Gasteiger partial charge in [0.05, 0.1) is 16.5 Å². The molecule has 0 spiro atoms. The van der Waals surface area contributed by atoms with E-state index in [0.717, 1.165) is 5.41 Å². The molecule has 0 aliphatic carbocycles. The summed E-state index contributed by atoms with van der Waals surface area (Å²) in [7, 11) is -3.39. The average Bonchev–Trinajstić information content (AvgIpc) is 2.17. The van der Waals surface area contributed by atoms with Crippen molar-refractivity contribution in [3.8, 4) is 6.07 Å². The summed E-state index contributed by atoms with van der Waals surface area (Å²) in [4.78, 5) is 0.170. The molecule has 0 aliphatic rings. The molecular weight excluding hydrogens is 198 g/mol. The van der Waals surface area contributed by atoms with Gasteiger partial charge < -0.3 is 0 Å². The SMILES string of the molecule is C=CS(=O)(=O)c1ccc(C#N)c(C)c1. The van der Waals surface area contributed by atoms with Crippen LogP contribution in [-0.2, 0) is 9.84 Å². The maximum Gasteiger partial charge on any atom is 0.199 e.